The molecule has 9 atom stereocenters. The lowest BCUT2D eigenvalue weighted by molar-refractivity contribution is -0.174. The lowest BCUT2D eigenvalue weighted by Gasteiger charge is -2.63. The molecule has 1 aliphatic heterocycles. The lowest BCUT2D eigenvalue weighted by Crippen LogP contribution is -2.63. The molecule has 0 aromatic heterocycles. The molecule has 3 nitrogen and oxygen atoms in total. The van der Waals surface area contributed by atoms with Gasteiger partial charge in [-0.05, 0) is 78.6 Å². The van der Waals surface area contributed by atoms with E-state index in [4.69, 9.17) is 9.47 Å². The van der Waals surface area contributed by atoms with Crippen molar-refractivity contribution in [1.29, 1.82) is 0 Å². The molecule has 0 aromatic carbocycles. The molecule has 198 valence electrons. The fraction of sp³-hybridized carbons (Fsp3) is 0.906. The van der Waals surface area contributed by atoms with E-state index in [2.05, 4.69) is 61.5 Å². The van der Waals surface area contributed by atoms with Crippen molar-refractivity contribution < 1.29 is 14.3 Å². The second kappa shape index (κ2) is 8.08. The molecule has 0 bridgehead atoms. The fourth-order valence-electron chi connectivity index (χ4n) is 10.5. The van der Waals surface area contributed by atoms with Crippen LogP contribution >= 0.6 is 0 Å². The fourth-order valence-corrected chi connectivity index (χ4v) is 10.5. The Hall–Kier alpha value is -0.830. The third-order valence-corrected chi connectivity index (χ3v) is 12.6. The monoisotopic (exact) mass is 484 g/mol. The largest absolute Gasteiger partial charge is 0.462 e. The molecule has 35 heavy (non-hydrogen) atoms. The van der Waals surface area contributed by atoms with Crippen LogP contribution in [0.4, 0.5) is 0 Å². The molecule has 9 unspecified atom stereocenters. The van der Waals surface area contributed by atoms with Crippen LogP contribution in [0, 0.1) is 45.3 Å². The van der Waals surface area contributed by atoms with E-state index in [9.17, 15) is 4.79 Å². The minimum atomic E-state index is -0.141. The van der Waals surface area contributed by atoms with Crippen molar-refractivity contribution in [2.24, 2.45) is 45.3 Å². The standard InChI is InChI=1S/C32H52O3/c1-20(2)11-10-12-21(3)23-15-17-29(7)25-14-13-24-28(5,6)26(34-22(4)33)16-18-30(24,8)32(25)27(35-32)19-31(23,29)9/h14,20-21,23-24,26-27H,10-13,15-19H2,1-9H3. The van der Waals surface area contributed by atoms with Gasteiger partial charge in [0.05, 0.1) is 6.10 Å². The van der Waals surface area contributed by atoms with Crippen LogP contribution in [0.3, 0.4) is 0 Å². The van der Waals surface area contributed by atoms with Gasteiger partial charge in [0.2, 0.25) is 0 Å². The number of fused-ring (bicyclic) bond motifs is 3. The summed E-state index contributed by atoms with van der Waals surface area (Å²) in [4.78, 5) is 11.9. The van der Waals surface area contributed by atoms with Gasteiger partial charge in [-0.25, -0.2) is 0 Å². The molecule has 0 amide bonds. The molecule has 1 saturated heterocycles. The predicted octanol–water partition coefficient (Wildman–Crippen LogP) is 8.12. The van der Waals surface area contributed by atoms with Crippen molar-refractivity contribution >= 4 is 5.97 Å². The zero-order valence-corrected chi connectivity index (χ0v) is 24.1. The second-order valence-electron chi connectivity index (χ2n) is 15.0. The number of carbonyl (C=O) groups excluding carboxylic acids is 1. The highest BCUT2D eigenvalue weighted by Gasteiger charge is 2.81. The van der Waals surface area contributed by atoms with Gasteiger partial charge in [-0.3, -0.25) is 4.79 Å². The van der Waals surface area contributed by atoms with Gasteiger partial charge in [-0.2, -0.15) is 0 Å². The Morgan fingerprint density at radius 2 is 1.77 bits per heavy atom. The smallest absolute Gasteiger partial charge is 0.302 e. The van der Waals surface area contributed by atoms with Crippen LogP contribution in [-0.2, 0) is 14.3 Å². The third kappa shape index (κ3) is 3.34. The highest BCUT2D eigenvalue weighted by Crippen LogP contribution is 2.80. The summed E-state index contributed by atoms with van der Waals surface area (Å²) in [6, 6.07) is 0. The predicted molar refractivity (Wildman–Crippen MR) is 142 cm³/mol. The van der Waals surface area contributed by atoms with Crippen molar-refractivity contribution in [3.8, 4) is 0 Å². The van der Waals surface area contributed by atoms with Crippen LogP contribution in [0.1, 0.15) is 120 Å². The Balaban J connectivity index is 1.45. The SMILES string of the molecule is CC(=O)OC1CCC2(C)C(CC=C3C4(C)CCC(C(C)CCCC(C)C)C4(C)CC4OC342)C1(C)C. The van der Waals surface area contributed by atoms with E-state index >= 15 is 0 Å². The van der Waals surface area contributed by atoms with Crippen molar-refractivity contribution in [2.75, 3.05) is 0 Å². The molecule has 4 aliphatic carbocycles. The van der Waals surface area contributed by atoms with Crippen LogP contribution in [0.2, 0.25) is 0 Å². The maximum absolute atomic E-state index is 11.9. The average Bonchev–Trinajstić information content (AvgIpc) is 3.38. The first-order valence-corrected chi connectivity index (χ1v) is 14.8. The molecular formula is C32H52O3. The van der Waals surface area contributed by atoms with Crippen LogP contribution in [0.5, 0.6) is 0 Å². The average molecular weight is 485 g/mol. The number of epoxide rings is 1. The summed E-state index contributed by atoms with van der Waals surface area (Å²) in [5.74, 6) is 2.73. The Labute approximate surface area is 215 Å². The van der Waals surface area contributed by atoms with E-state index in [0.29, 0.717) is 17.4 Å². The maximum atomic E-state index is 11.9. The van der Waals surface area contributed by atoms with E-state index < -0.39 is 0 Å². The Morgan fingerprint density at radius 3 is 2.43 bits per heavy atom. The summed E-state index contributed by atoms with van der Waals surface area (Å²) in [7, 11) is 0. The van der Waals surface area contributed by atoms with Crippen molar-refractivity contribution in [2.45, 2.75) is 138 Å². The minimum Gasteiger partial charge on any atom is -0.462 e. The van der Waals surface area contributed by atoms with Crippen molar-refractivity contribution in [1.82, 2.24) is 0 Å². The number of rotatable bonds is 6. The van der Waals surface area contributed by atoms with Gasteiger partial charge in [0.15, 0.2) is 0 Å². The molecular weight excluding hydrogens is 432 g/mol. The third-order valence-electron chi connectivity index (χ3n) is 12.6. The summed E-state index contributed by atoms with van der Waals surface area (Å²) in [5, 5.41) is 0. The summed E-state index contributed by atoms with van der Waals surface area (Å²) < 4.78 is 12.9. The first kappa shape index (κ1) is 25.8. The molecule has 1 heterocycles. The number of esters is 1. The number of hydrogen-bond donors (Lipinski definition) is 0. The van der Waals surface area contributed by atoms with Crippen LogP contribution in [0.25, 0.3) is 0 Å². The highest BCUT2D eigenvalue weighted by molar-refractivity contribution is 5.66. The van der Waals surface area contributed by atoms with Gasteiger partial charge in [-0.15, -0.1) is 0 Å². The second-order valence-corrected chi connectivity index (χ2v) is 15.0. The summed E-state index contributed by atoms with van der Waals surface area (Å²) >= 11 is 0. The molecule has 0 N–H and O–H groups in total. The molecule has 3 heteroatoms. The first-order valence-electron chi connectivity index (χ1n) is 14.8. The minimum absolute atomic E-state index is 0.00798. The summed E-state index contributed by atoms with van der Waals surface area (Å²) in [6.45, 7) is 21.3. The van der Waals surface area contributed by atoms with Gasteiger partial charge in [0.1, 0.15) is 11.7 Å². The van der Waals surface area contributed by atoms with Gasteiger partial charge in [0.25, 0.3) is 0 Å². The summed E-state index contributed by atoms with van der Waals surface area (Å²) in [5.41, 5.74) is 2.22. The first-order chi connectivity index (χ1) is 16.2. The number of allylic oxidation sites excluding steroid dienone is 1. The van der Waals surface area contributed by atoms with E-state index in [1.807, 2.05) is 0 Å². The molecule has 0 aromatic rings. The van der Waals surface area contributed by atoms with Crippen LogP contribution in [0.15, 0.2) is 11.6 Å². The van der Waals surface area contributed by atoms with E-state index in [1.165, 1.54) is 38.5 Å². The topological polar surface area (TPSA) is 38.8 Å². The highest BCUT2D eigenvalue weighted by atomic mass is 16.6. The quantitative estimate of drug-likeness (QED) is 0.217. The molecule has 5 aliphatic rings. The van der Waals surface area contributed by atoms with Crippen molar-refractivity contribution in [3.63, 3.8) is 0 Å². The van der Waals surface area contributed by atoms with Gasteiger partial charge < -0.3 is 9.47 Å². The number of carbonyl (C=O) groups is 1. The van der Waals surface area contributed by atoms with Crippen LogP contribution in [-0.4, -0.2) is 23.8 Å². The molecule has 5 rings (SSSR count). The van der Waals surface area contributed by atoms with E-state index in [-0.39, 0.29) is 33.9 Å². The van der Waals surface area contributed by atoms with Gasteiger partial charge >= 0.3 is 5.97 Å². The van der Waals surface area contributed by atoms with E-state index in [1.54, 1.807) is 12.5 Å². The van der Waals surface area contributed by atoms with Gasteiger partial charge in [0, 0.05) is 17.8 Å². The van der Waals surface area contributed by atoms with Crippen molar-refractivity contribution in [3.05, 3.63) is 11.6 Å². The molecule has 4 fully saturated rings. The molecule has 1 spiro atoms. The molecule has 0 radical (unpaired) electrons. The van der Waals surface area contributed by atoms with E-state index in [0.717, 1.165) is 37.0 Å². The summed E-state index contributed by atoms with van der Waals surface area (Å²) in [6.07, 6.45) is 14.1. The Bertz CT molecular complexity index is 902. The number of ether oxygens (including phenoxy) is 2. The van der Waals surface area contributed by atoms with Crippen LogP contribution < -0.4 is 0 Å². The van der Waals surface area contributed by atoms with Gasteiger partial charge in [-0.1, -0.05) is 80.7 Å². The molecule has 3 saturated carbocycles. The lowest BCUT2D eigenvalue weighted by atomic mass is 9.40. The maximum Gasteiger partial charge on any atom is 0.302 e. The zero-order chi connectivity index (χ0) is 25.6. The zero-order valence-electron chi connectivity index (χ0n) is 24.1. The number of hydrogen-bond acceptors (Lipinski definition) is 3. The Morgan fingerprint density at radius 1 is 1.06 bits per heavy atom. The Kier molecular flexibility index (Phi) is 5.96. The normalized spacial score (nSPS) is 48.2.